The molecule has 0 radical (unpaired) electrons. The van der Waals surface area contributed by atoms with Gasteiger partial charge in [0.05, 0.1) is 0 Å². The molecule has 1 aromatic heterocycles. The Balaban J connectivity index is 1.13. The Bertz CT molecular complexity index is 2250. The highest BCUT2D eigenvalue weighted by Gasteiger charge is 2.45. The largest absolute Gasteiger partial charge is 0.456 e. The lowest BCUT2D eigenvalue weighted by molar-refractivity contribution is 0.419. The number of aryl methyl sites for hydroxylation is 2. The molecule has 7 aromatic rings. The Labute approximate surface area is 277 Å². The summed E-state index contributed by atoms with van der Waals surface area (Å²) in [5, 5.41) is 2.27. The lowest BCUT2D eigenvalue weighted by Crippen LogP contribution is -2.19. The van der Waals surface area contributed by atoms with Crippen molar-refractivity contribution in [3.05, 3.63) is 150 Å². The van der Waals surface area contributed by atoms with Gasteiger partial charge in [0.15, 0.2) is 0 Å². The van der Waals surface area contributed by atoms with Gasteiger partial charge in [0.1, 0.15) is 11.2 Å². The van der Waals surface area contributed by atoms with E-state index in [1.807, 2.05) is 12.1 Å². The van der Waals surface area contributed by atoms with E-state index in [1.165, 1.54) is 76.9 Å². The minimum atomic E-state index is 0.443. The first kappa shape index (κ1) is 28.2. The van der Waals surface area contributed by atoms with Crippen LogP contribution in [0.3, 0.4) is 0 Å². The summed E-state index contributed by atoms with van der Waals surface area (Å²) in [7, 11) is 0. The van der Waals surface area contributed by atoms with E-state index in [1.54, 1.807) is 5.56 Å². The van der Waals surface area contributed by atoms with Crippen LogP contribution < -0.4 is 4.90 Å². The molecular weight excluding hydrogens is 571 g/mol. The van der Waals surface area contributed by atoms with Crippen LogP contribution in [0.25, 0.3) is 44.2 Å². The van der Waals surface area contributed by atoms with E-state index in [2.05, 4.69) is 140 Å². The van der Waals surface area contributed by atoms with E-state index in [0.29, 0.717) is 5.41 Å². The van der Waals surface area contributed by atoms with Gasteiger partial charge in [-0.3, -0.25) is 0 Å². The van der Waals surface area contributed by atoms with E-state index in [-0.39, 0.29) is 0 Å². The fourth-order valence-corrected chi connectivity index (χ4v) is 8.68. The molecule has 0 N–H and O–H groups in total. The first-order chi connectivity index (χ1) is 23.0. The molecule has 0 saturated heterocycles. The van der Waals surface area contributed by atoms with Gasteiger partial charge in [-0.1, -0.05) is 84.9 Å². The SMILES string of the molecule is Cc1cc(-c2ccccc2)ccc1N(c1ccc2oc3ccccc3c2c1)c1ccc(-c2ccc(C34CCC(CC3)C4)cc2)cc1C. The van der Waals surface area contributed by atoms with E-state index < -0.39 is 0 Å². The fourth-order valence-electron chi connectivity index (χ4n) is 8.68. The Hall–Kier alpha value is -5.08. The first-order valence-corrected chi connectivity index (χ1v) is 17.1. The molecule has 6 aromatic carbocycles. The van der Waals surface area contributed by atoms with Crippen molar-refractivity contribution in [1.29, 1.82) is 0 Å². The number of fused-ring (bicyclic) bond motifs is 5. The van der Waals surface area contributed by atoms with Crippen LogP contribution in [0.4, 0.5) is 17.1 Å². The molecule has 9 rings (SSSR count). The van der Waals surface area contributed by atoms with Gasteiger partial charge in [0, 0.05) is 27.8 Å². The molecule has 230 valence electrons. The summed E-state index contributed by atoms with van der Waals surface area (Å²) in [6.45, 7) is 4.47. The zero-order chi connectivity index (χ0) is 31.5. The van der Waals surface area contributed by atoms with Gasteiger partial charge in [-0.05, 0) is 145 Å². The molecule has 2 saturated carbocycles. The van der Waals surface area contributed by atoms with Crippen LogP contribution in [0.5, 0.6) is 0 Å². The third-order valence-electron chi connectivity index (χ3n) is 11.2. The molecule has 2 heteroatoms. The summed E-state index contributed by atoms with van der Waals surface area (Å²) >= 11 is 0. The minimum Gasteiger partial charge on any atom is -0.456 e. The molecule has 0 unspecified atom stereocenters. The summed E-state index contributed by atoms with van der Waals surface area (Å²) in [6.07, 6.45) is 6.95. The highest BCUT2D eigenvalue weighted by atomic mass is 16.3. The van der Waals surface area contributed by atoms with Crippen LogP contribution in [-0.4, -0.2) is 0 Å². The second-order valence-corrected chi connectivity index (χ2v) is 14.0. The normalized spacial score (nSPS) is 18.7. The number of nitrogens with zero attached hydrogens (tertiary/aromatic N) is 1. The number of anilines is 3. The van der Waals surface area contributed by atoms with Gasteiger partial charge < -0.3 is 9.32 Å². The molecule has 0 atom stereocenters. The smallest absolute Gasteiger partial charge is 0.135 e. The summed E-state index contributed by atoms with van der Waals surface area (Å²) in [5.74, 6) is 0.957. The molecule has 2 nitrogen and oxygen atoms in total. The molecule has 2 fully saturated rings. The predicted octanol–water partition coefficient (Wildman–Crippen LogP) is 12.8. The average Bonchev–Trinajstić information content (AvgIpc) is 3.84. The lowest BCUT2D eigenvalue weighted by atomic mass is 9.77. The number of hydrogen-bond donors (Lipinski definition) is 0. The maximum Gasteiger partial charge on any atom is 0.135 e. The Morgan fingerprint density at radius 1 is 0.553 bits per heavy atom. The topological polar surface area (TPSA) is 16.4 Å². The third kappa shape index (κ3) is 4.78. The van der Waals surface area contributed by atoms with Crippen molar-refractivity contribution in [2.75, 3.05) is 4.90 Å². The number of hydrogen-bond acceptors (Lipinski definition) is 2. The van der Waals surface area contributed by atoms with Gasteiger partial charge in [-0.15, -0.1) is 0 Å². The minimum absolute atomic E-state index is 0.443. The summed E-state index contributed by atoms with van der Waals surface area (Å²) in [5.41, 5.74) is 14.8. The Kier molecular flexibility index (Phi) is 6.61. The zero-order valence-electron chi connectivity index (χ0n) is 27.2. The van der Waals surface area contributed by atoms with Gasteiger partial charge in [-0.25, -0.2) is 0 Å². The van der Waals surface area contributed by atoms with Crippen LogP contribution in [0.1, 0.15) is 48.8 Å². The maximum atomic E-state index is 6.21. The molecule has 2 aliphatic carbocycles. The molecule has 0 aliphatic heterocycles. The van der Waals surface area contributed by atoms with Gasteiger partial charge >= 0.3 is 0 Å². The van der Waals surface area contributed by atoms with Crippen LogP contribution in [0.2, 0.25) is 0 Å². The van der Waals surface area contributed by atoms with Crippen LogP contribution in [-0.2, 0) is 5.41 Å². The third-order valence-corrected chi connectivity index (χ3v) is 11.2. The average molecular weight is 610 g/mol. The predicted molar refractivity (Wildman–Crippen MR) is 197 cm³/mol. The van der Waals surface area contributed by atoms with E-state index >= 15 is 0 Å². The van der Waals surface area contributed by atoms with E-state index in [9.17, 15) is 0 Å². The van der Waals surface area contributed by atoms with Crippen molar-refractivity contribution >= 4 is 39.0 Å². The molecule has 47 heavy (non-hydrogen) atoms. The number of furan rings is 1. The van der Waals surface area contributed by atoms with E-state index in [4.69, 9.17) is 4.42 Å². The summed E-state index contributed by atoms with van der Waals surface area (Å²) in [4.78, 5) is 2.42. The van der Waals surface area contributed by atoms with Crippen molar-refractivity contribution < 1.29 is 4.42 Å². The zero-order valence-corrected chi connectivity index (χ0v) is 27.2. The Morgan fingerprint density at radius 2 is 1.15 bits per heavy atom. The number of para-hydroxylation sites is 1. The monoisotopic (exact) mass is 609 g/mol. The van der Waals surface area contributed by atoms with Crippen molar-refractivity contribution in [3.63, 3.8) is 0 Å². The Morgan fingerprint density at radius 3 is 1.79 bits per heavy atom. The fraction of sp³-hybridized carbons (Fsp3) is 0.200. The quantitative estimate of drug-likeness (QED) is 0.186. The van der Waals surface area contributed by atoms with Crippen molar-refractivity contribution in [1.82, 2.24) is 0 Å². The van der Waals surface area contributed by atoms with Crippen molar-refractivity contribution in [2.45, 2.75) is 51.4 Å². The molecule has 2 bridgehead atoms. The van der Waals surface area contributed by atoms with Crippen LogP contribution in [0, 0.1) is 19.8 Å². The van der Waals surface area contributed by atoms with Gasteiger partial charge in [-0.2, -0.15) is 0 Å². The second kappa shape index (κ2) is 11.0. The van der Waals surface area contributed by atoms with Crippen LogP contribution in [0.15, 0.2) is 138 Å². The second-order valence-electron chi connectivity index (χ2n) is 14.0. The highest BCUT2D eigenvalue weighted by Crippen LogP contribution is 2.55. The molecular formula is C45H39NO. The van der Waals surface area contributed by atoms with Crippen LogP contribution >= 0.6 is 0 Å². The first-order valence-electron chi connectivity index (χ1n) is 17.1. The number of rotatable bonds is 6. The molecule has 1 heterocycles. The van der Waals surface area contributed by atoms with Gasteiger partial charge in [0.25, 0.3) is 0 Å². The number of benzene rings is 6. The van der Waals surface area contributed by atoms with Crippen molar-refractivity contribution in [2.24, 2.45) is 5.92 Å². The van der Waals surface area contributed by atoms with E-state index in [0.717, 1.165) is 33.5 Å². The lowest BCUT2D eigenvalue weighted by Gasteiger charge is -2.29. The summed E-state index contributed by atoms with van der Waals surface area (Å²) < 4.78 is 6.21. The molecule has 0 spiro atoms. The molecule has 0 amide bonds. The van der Waals surface area contributed by atoms with Crippen molar-refractivity contribution in [3.8, 4) is 22.3 Å². The maximum absolute atomic E-state index is 6.21. The standard InChI is InChI=1S/C45H39NO/c1-30-26-35(33-8-4-3-5-9-33)14-19-41(30)46(38-18-21-44-40(28-38)39-10-6-7-11-43(39)47-44)42-20-15-36(27-31(42)2)34-12-16-37(17-13-34)45-24-22-32(29-45)23-25-45/h3-21,26-28,32H,22-25,29H2,1-2H3. The molecule has 2 aliphatic rings. The summed E-state index contributed by atoms with van der Waals surface area (Å²) in [6, 6.07) is 48.9. The van der Waals surface area contributed by atoms with Gasteiger partial charge in [0.2, 0.25) is 0 Å². The highest BCUT2D eigenvalue weighted by molar-refractivity contribution is 6.06.